The van der Waals surface area contributed by atoms with Gasteiger partial charge in [0.1, 0.15) is 17.7 Å². The topological polar surface area (TPSA) is 131 Å². The number of rotatable bonds is 10. The largest absolute Gasteiger partial charge is 0.444 e. The van der Waals surface area contributed by atoms with Crippen LogP contribution >= 0.6 is 0 Å². The minimum atomic E-state index is -1.33. The van der Waals surface area contributed by atoms with Gasteiger partial charge >= 0.3 is 6.09 Å². The molecular weight excluding hydrogens is 436 g/mol. The lowest BCUT2D eigenvalue weighted by molar-refractivity contribution is -0.143. The van der Waals surface area contributed by atoms with E-state index in [9.17, 15) is 19.2 Å². The average Bonchev–Trinajstić information content (AvgIpc) is 2.70. The fraction of sp³-hybridized carbons (Fsp3) is 0.520. The Balaban J connectivity index is 3.51. The molecule has 0 heterocycles. The van der Waals surface area contributed by atoms with Gasteiger partial charge in [-0.25, -0.2) is 4.79 Å². The average molecular weight is 473 g/mol. The first-order chi connectivity index (χ1) is 15.8. The fourth-order valence-electron chi connectivity index (χ4n) is 3.34. The zero-order valence-electron chi connectivity index (χ0n) is 20.8. The molecular formula is C25H36N4O5. The summed E-state index contributed by atoms with van der Waals surface area (Å²) in [5, 5.41) is 5.27. The van der Waals surface area contributed by atoms with Crippen LogP contribution in [0.25, 0.3) is 0 Å². The molecule has 0 aromatic heterocycles. The highest BCUT2D eigenvalue weighted by atomic mass is 16.6. The molecule has 9 nitrogen and oxygen atoms in total. The van der Waals surface area contributed by atoms with Crippen LogP contribution in [0, 0.1) is 12.3 Å². The summed E-state index contributed by atoms with van der Waals surface area (Å²) in [5.41, 5.74) is 5.45. The molecule has 2 atom stereocenters. The number of carbonyl (C=O) groups excluding carboxylic acids is 4. The summed E-state index contributed by atoms with van der Waals surface area (Å²) in [7, 11) is 0. The molecule has 1 aromatic carbocycles. The van der Waals surface area contributed by atoms with E-state index in [1.54, 1.807) is 58.9 Å². The normalized spacial score (nSPS) is 12.8. The number of hydrogen-bond donors (Lipinski definition) is 3. The maximum absolute atomic E-state index is 13.7. The number of amides is 4. The van der Waals surface area contributed by atoms with E-state index in [0.717, 1.165) is 0 Å². The Morgan fingerprint density at radius 3 is 2.26 bits per heavy atom. The Kier molecular flexibility index (Phi) is 10.6. The maximum atomic E-state index is 13.7. The van der Waals surface area contributed by atoms with E-state index >= 15 is 0 Å². The lowest BCUT2D eigenvalue weighted by Gasteiger charge is -2.35. The van der Waals surface area contributed by atoms with E-state index in [4.69, 9.17) is 16.9 Å². The first kappa shape index (κ1) is 28.5. The number of terminal acetylenes is 1. The quantitative estimate of drug-likeness (QED) is 0.450. The minimum Gasteiger partial charge on any atom is -0.444 e. The second kappa shape index (κ2) is 12.6. The third-order valence-corrected chi connectivity index (χ3v) is 4.54. The monoisotopic (exact) mass is 472 g/mol. The van der Waals surface area contributed by atoms with Crippen LogP contribution in [-0.4, -0.2) is 52.9 Å². The summed E-state index contributed by atoms with van der Waals surface area (Å²) in [6.45, 7) is 10.6. The molecule has 0 aliphatic carbocycles. The molecule has 0 fully saturated rings. The van der Waals surface area contributed by atoms with Gasteiger partial charge in [-0.15, -0.1) is 6.42 Å². The molecule has 2 unspecified atom stereocenters. The van der Waals surface area contributed by atoms with Gasteiger partial charge in [0, 0.05) is 18.2 Å². The Hall–Kier alpha value is -3.54. The summed E-state index contributed by atoms with van der Waals surface area (Å²) in [6, 6.07) is 4.21. The molecule has 9 heteroatoms. The zero-order chi connectivity index (χ0) is 26.1. The van der Waals surface area contributed by atoms with Crippen LogP contribution in [0.15, 0.2) is 24.3 Å². The zero-order valence-corrected chi connectivity index (χ0v) is 20.8. The summed E-state index contributed by atoms with van der Waals surface area (Å²) in [6.07, 6.45) is 4.83. The molecule has 0 saturated heterocycles. The predicted molar refractivity (Wildman–Crippen MR) is 129 cm³/mol. The summed E-state index contributed by atoms with van der Waals surface area (Å²) in [5.74, 6) is 0.678. The standard InChI is InChI=1S/C25H36N4O5/c1-8-14-29(23(32)19(15-20(26)30)28-24(33)34-25(5,6)7)21(22(31)27-16(3)4)18-13-11-10-12-17(18)9-2/h2,10-13,16,19,21H,8,14-15H2,1,3-7H3,(H2,26,30)(H,27,31)(H,28,33). The molecule has 0 radical (unpaired) electrons. The van der Waals surface area contributed by atoms with Gasteiger partial charge in [-0.1, -0.05) is 31.0 Å². The van der Waals surface area contributed by atoms with Crippen LogP contribution in [0.3, 0.4) is 0 Å². The van der Waals surface area contributed by atoms with Gasteiger partial charge in [-0.3, -0.25) is 14.4 Å². The van der Waals surface area contributed by atoms with Crippen molar-refractivity contribution in [3.63, 3.8) is 0 Å². The van der Waals surface area contributed by atoms with Gasteiger partial charge in [0.05, 0.1) is 6.42 Å². The predicted octanol–water partition coefficient (Wildman–Crippen LogP) is 2.24. The molecule has 0 aliphatic rings. The smallest absolute Gasteiger partial charge is 0.408 e. The van der Waals surface area contributed by atoms with Gasteiger partial charge in [0.2, 0.25) is 17.7 Å². The Morgan fingerprint density at radius 2 is 1.76 bits per heavy atom. The number of carbonyl (C=O) groups is 4. The number of alkyl carbamates (subject to hydrolysis) is 1. The van der Waals surface area contributed by atoms with Crippen molar-refractivity contribution in [3.8, 4) is 12.3 Å². The van der Waals surface area contributed by atoms with E-state index in [1.165, 1.54) is 4.90 Å². The number of benzene rings is 1. The summed E-state index contributed by atoms with van der Waals surface area (Å²) >= 11 is 0. The second-order valence-electron chi connectivity index (χ2n) is 9.20. The van der Waals surface area contributed by atoms with Crippen molar-refractivity contribution < 1.29 is 23.9 Å². The van der Waals surface area contributed by atoms with Gasteiger partial charge in [-0.05, 0) is 52.7 Å². The molecule has 1 rings (SSSR count). The number of nitrogens with zero attached hydrogens (tertiary/aromatic N) is 1. The van der Waals surface area contributed by atoms with Crippen molar-refractivity contribution in [2.75, 3.05) is 6.54 Å². The van der Waals surface area contributed by atoms with Gasteiger partial charge in [0.15, 0.2) is 0 Å². The van der Waals surface area contributed by atoms with E-state index in [1.807, 2.05) is 6.92 Å². The third kappa shape index (κ3) is 8.77. The molecule has 4 amide bonds. The van der Waals surface area contributed by atoms with Gasteiger partial charge < -0.3 is 26.0 Å². The van der Waals surface area contributed by atoms with Gasteiger partial charge in [-0.2, -0.15) is 0 Å². The minimum absolute atomic E-state index is 0.166. The fourth-order valence-corrected chi connectivity index (χ4v) is 3.34. The van der Waals surface area contributed by atoms with Crippen LogP contribution in [0.1, 0.15) is 71.6 Å². The molecule has 0 saturated carbocycles. The van der Waals surface area contributed by atoms with Crippen molar-refractivity contribution in [1.29, 1.82) is 0 Å². The van der Waals surface area contributed by atoms with Gasteiger partial charge in [0.25, 0.3) is 0 Å². The van der Waals surface area contributed by atoms with Crippen molar-refractivity contribution in [2.24, 2.45) is 5.73 Å². The highest BCUT2D eigenvalue weighted by molar-refractivity contribution is 5.94. The summed E-state index contributed by atoms with van der Waals surface area (Å²) < 4.78 is 5.24. The van der Waals surface area contributed by atoms with Crippen LogP contribution < -0.4 is 16.4 Å². The lowest BCUT2D eigenvalue weighted by atomic mass is 9.97. The number of nitrogens with one attached hydrogen (secondary N) is 2. The number of ether oxygens (including phenoxy) is 1. The Morgan fingerprint density at radius 1 is 1.15 bits per heavy atom. The van der Waals surface area contributed by atoms with E-state index in [2.05, 4.69) is 16.6 Å². The molecule has 0 bridgehead atoms. The summed E-state index contributed by atoms with van der Waals surface area (Å²) in [4.78, 5) is 52.5. The van der Waals surface area contributed by atoms with Crippen molar-refractivity contribution >= 4 is 23.8 Å². The number of primary amides is 1. The first-order valence-electron chi connectivity index (χ1n) is 11.2. The second-order valence-corrected chi connectivity index (χ2v) is 9.20. The highest BCUT2D eigenvalue weighted by Crippen LogP contribution is 2.26. The van der Waals surface area contributed by atoms with E-state index < -0.39 is 47.9 Å². The van der Waals surface area contributed by atoms with Crippen molar-refractivity contribution in [1.82, 2.24) is 15.5 Å². The van der Waals surface area contributed by atoms with Crippen molar-refractivity contribution in [3.05, 3.63) is 35.4 Å². The van der Waals surface area contributed by atoms with Crippen LogP contribution in [0.4, 0.5) is 4.79 Å². The first-order valence-corrected chi connectivity index (χ1v) is 11.2. The molecule has 4 N–H and O–H groups in total. The van der Waals surface area contributed by atoms with Crippen LogP contribution in [0.2, 0.25) is 0 Å². The third-order valence-electron chi connectivity index (χ3n) is 4.54. The van der Waals surface area contributed by atoms with E-state index in [-0.39, 0.29) is 12.6 Å². The highest BCUT2D eigenvalue weighted by Gasteiger charge is 2.37. The number of hydrogen-bond acceptors (Lipinski definition) is 5. The molecule has 0 spiro atoms. The maximum Gasteiger partial charge on any atom is 0.408 e. The van der Waals surface area contributed by atoms with E-state index in [0.29, 0.717) is 17.5 Å². The van der Waals surface area contributed by atoms with Crippen LogP contribution in [0.5, 0.6) is 0 Å². The van der Waals surface area contributed by atoms with Crippen LogP contribution in [-0.2, 0) is 19.1 Å². The molecule has 0 aliphatic heterocycles. The number of nitrogens with two attached hydrogens (primary N) is 1. The molecule has 1 aromatic rings. The van der Waals surface area contributed by atoms with Crippen molar-refractivity contribution in [2.45, 2.75) is 78.1 Å². The lowest BCUT2D eigenvalue weighted by Crippen LogP contribution is -2.54. The molecule has 34 heavy (non-hydrogen) atoms. The Labute approximate surface area is 201 Å². The molecule has 186 valence electrons. The Bertz CT molecular complexity index is 930. The SMILES string of the molecule is C#Cc1ccccc1C(C(=O)NC(C)C)N(CCC)C(=O)C(CC(N)=O)NC(=O)OC(C)(C)C.